The minimum atomic E-state index is 0.684. The first-order chi connectivity index (χ1) is 13.1. The van der Waals surface area contributed by atoms with Crippen LogP contribution in [0.5, 0.6) is 0 Å². The molecule has 0 bridgehead atoms. The van der Waals surface area contributed by atoms with Gasteiger partial charge in [-0.2, -0.15) is 9.78 Å². The van der Waals surface area contributed by atoms with Gasteiger partial charge in [-0.15, -0.1) is 10.2 Å². The molecule has 2 heterocycles. The highest BCUT2D eigenvalue weighted by Crippen LogP contribution is 2.22. The fourth-order valence-corrected chi connectivity index (χ4v) is 3.68. The van der Waals surface area contributed by atoms with E-state index in [9.17, 15) is 0 Å². The molecule has 0 atom stereocenters. The van der Waals surface area contributed by atoms with Gasteiger partial charge in [0.1, 0.15) is 6.33 Å². The molecule has 1 aromatic carbocycles. The van der Waals surface area contributed by atoms with E-state index in [1.165, 1.54) is 11.3 Å². The van der Waals surface area contributed by atoms with Gasteiger partial charge in [-0.3, -0.25) is 0 Å². The third-order valence-electron chi connectivity index (χ3n) is 4.23. The van der Waals surface area contributed by atoms with Crippen LogP contribution in [-0.2, 0) is 17.0 Å². The summed E-state index contributed by atoms with van der Waals surface area (Å²) in [6.07, 6.45) is 3.46. The van der Waals surface area contributed by atoms with Crippen LogP contribution >= 0.6 is 23.4 Å². The van der Waals surface area contributed by atoms with Gasteiger partial charge in [0.15, 0.2) is 0 Å². The lowest BCUT2D eigenvalue weighted by Gasteiger charge is -2.08. The zero-order valence-electron chi connectivity index (χ0n) is 15.6. The molecular weight excluding hydrogens is 382 g/mol. The third-order valence-corrected chi connectivity index (χ3v) is 5.49. The van der Waals surface area contributed by atoms with Crippen molar-refractivity contribution in [1.29, 1.82) is 0 Å². The van der Waals surface area contributed by atoms with Crippen molar-refractivity contribution in [2.45, 2.75) is 31.3 Å². The van der Waals surface area contributed by atoms with Gasteiger partial charge in [-0.1, -0.05) is 35.5 Å². The SMILES string of the molecule is COCCn1c(C)cc(/C=N/n2cnnc2SCc2ccc(Cl)cc2)c1C. The monoisotopic (exact) mass is 403 g/mol. The first-order valence-electron chi connectivity index (χ1n) is 8.55. The summed E-state index contributed by atoms with van der Waals surface area (Å²) in [5.41, 5.74) is 4.60. The highest BCUT2D eigenvalue weighted by Gasteiger charge is 2.08. The van der Waals surface area contributed by atoms with Crippen molar-refractivity contribution in [2.75, 3.05) is 13.7 Å². The van der Waals surface area contributed by atoms with Crippen LogP contribution in [0.1, 0.15) is 22.5 Å². The number of ether oxygens (including phenoxy) is 1. The topological polar surface area (TPSA) is 57.2 Å². The maximum Gasteiger partial charge on any atom is 0.212 e. The molecule has 3 aromatic rings. The standard InChI is InChI=1S/C19H22ClN5OS/c1-14-10-17(15(2)24(14)8-9-26-3)11-22-25-13-21-23-19(25)27-12-16-4-6-18(20)7-5-16/h4-7,10-11,13H,8-9,12H2,1-3H3/b22-11+. The van der Waals surface area contributed by atoms with E-state index in [1.54, 1.807) is 29.9 Å². The van der Waals surface area contributed by atoms with E-state index >= 15 is 0 Å². The summed E-state index contributed by atoms with van der Waals surface area (Å²) in [6.45, 7) is 5.69. The molecule has 0 aliphatic carbocycles. The number of aromatic nitrogens is 4. The summed E-state index contributed by atoms with van der Waals surface area (Å²) < 4.78 is 9.11. The molecule has 27 heavy (non-hydrogen) atoms. The molecule has 0 amide bonds. The van der Waals surface area contributed by atoms with Crippen molar-refractivity contribution in [3.05, 3.63) is 64.2 Å². The lowest BCUT2D eigenvalue weighted by molar-refractivity contribution is 0.186. The minimum absolute atomic E-state index is 0.684. The number of aryl methyl sites for hydroxylation is 1. The predicted molar refractivity (Wildman–Crippen MR) is 110 cm³/mol. The first kappa shape index (κ1) is 19.7. The summed E-state index contributed by atoms with van der Waals surface area (Å²) >= 11 is 7.51. The van der Waals surface area contributed by atoms with Gasteiger partial charge in [0, 0.05) is 41.4 Å². The van der Waals surface area contributed by atoms with E-state index < -0.39 is 0 Å². The molecular formula is C19H22ClN5OS. The third kappa shape index (κ3) is 5.00. The molecule has 0 unspecified atom stereocenters. The molecule has 142 valence electrons. The quantitative estimate of drug-likeness (QED) is 0.418. The van der Waals surface area contributed by atoms with Crippen molar-refractivity contribution in [2.24, 2.45) is 5.10 Å². The Hall–Kier alpha value is -2.09. The van der Waals surface area contributed by atoms with Crippen molar-refractivity contribution < 1.29 is 4.74 Å². The van der Waals surface area contributed by atoms with Crippen molar-refractivity contribution >= 4 is 29.6 Å². The Kier molecular flexibility index (Phi) is 6.71. The van der Waals surface area contributed by atoms with Gasteiger partial charge in [0.2, 0.25) is 5.16 Å². The highest BCUT2D eigenvalue weighted by atomic mass is 35.5. The van der Waals surface area contributed by atoms with Crippen molar-refractivity contribution in [1.82, 2.24) is 19.4 Å². The second-order valence-corrected chi connectivity index (χ2v) is 7.47. The molecule has 0 fully saturated rings. The number of thioether (sulfide) groups is 1. The average Bonchev–Trinajstić information content (AvgIpc) is 3.22. The molecule has 0 saturated carbocycles. The van der Waals surface area contributed by atoms with Gasteiger partial charge in [0.25, 0.3) is 0 Å². The first-order valence-corrected chi connectivity index (χ1v) is 9.92. The molecule has 0 N–H and O–H groups in total. The minimum Gasteiger partial charge on any atom is -0.383 e. The molecule has 0 spiro atoms. The Balaban J connectivity index is 1.70. The Morgan fingerprint density at radius 1 is 1.26 bits per heavy atom. The van der Waals surface area contributed by atoms with Crippen LogP contribution in [0.15, 0.2) is 46.9 Å². The van der Waals surface area contributed by atoms with E-state index in [4.69, 9.17) is 16.3 Å². The summed E-state index contributed by atoms with van der Waals surface area (Å²) in [5.74, 6) is 0.775. The smallest absolute Gasteiger partial charge is 0.212 e. The van der Waals surface area contributed by atoms with Crippen LogP contribution in [0.4, 0.5) is 0 Å². The van der Waals surface area contributed by atoms with Crippen LogP contribution < -0.4 is 0 Å². The fraction of sp³-hybridized carbons (Fsp3) is 0.316. The number of hydrogen-bond donors (Lipinski definition) is 0. The normalized spacial score (nSPS) is 11.6. The van der Waals surface area contributed by atoms with Gasteiger partial charge in [0.05, 0.1) is 12.8 Å². The maximum atomic E-state index is 5.93. The molecule has 0 radical (unpaired) electrons. The van der Waals surface area contributed by atoms with Crippen molar-refractivity contribution in [3.8, 4) is 0 Å². The Labute approximate surface area is 168 Å². The van der Waals surface area contributed by atoms with Crippen LogP contribution in [0.25, 0.3) is 0 Å². The van der Waals surface area contributed by atoms with E-state index in [0.717, 1.165) is 33.7 Å². The van der Waals surface area contributed by atoms with Crippen LogP contribution in [0, 0.1) is 13.8 Å². The van der Waals surface area contributed by atoms with Gasteiger partial charge < -0.3 is 9.30 Å². The highest BCUT2D eigenvalue weighted by molar-refractivity contribution is 7.98. The average molecular weight is 404 g/mol. The predicted octanol–water partition coefficient (Wildman–Crippen LogP) is 4.17. The lowest BCUT2D eigenvalue weighted by atomic mass is 10.2. The molecule has 0 saturated heterocycles. The van der Waals surface area contributed by atoms with E-state index in [1.807, 2.05) is 30.5 Å². The lowest BCUT2D eigenvalue weighted by Crippen LogP contribution is -2.07. The second-order valence-electron chi connectivity index (χ2n) is 6.09. The molecule has 2 aromatic heterocycles. The molecule has 0 aliphatic rings. The van der Waals surface area contributed by atoms with E-state index in [-0.39, 0.29) is 0 Å². The van der Waals surface area contributed by atoms with Crippen LogP contribution in [0.3, 0.4) is 0 Å². The van der Waals surface area contributed by atoms with Crippen molar-refractivity contribution in [3.63, 3.8) is 0 Å². The zero-order valence-corrected chi connectivity index (χ0v) is 17.2. The largest absolute Gasteiger partial charge is 0.383 e. The molecule has 3 rings (SSSR count). The Bertz CT molecular complexity index is 917. The van der Waals surface area contributed by atoms with E-state index in [2.05, 4.69) is 39.8 Å². The van der Waals surface area contributed by atoms with Gasteiger partial charge in [-0.05, 0) is 37.6 Å². The molecule has 8 heteroatoms. The number of benzene rings is 1. The number of rotatable bonds is 8. The fourth-order valence-electron chi connectivity index (χ4n) is 2.73. The second kappa shape index (κ2) is 9.21. The summed E-state index contributed by atoms with van der Waals surface area (Å²) in [7, 11) is 1.71. The number of methoxy groups -OCH3 is 1. The van der Waals surface area contributed by atoms with Gasteiger partial charge >= 0.3 is 0 Å². The Morgan fingerprint density at radius 2 is 2.04 bits per heavy atom. The number of nitrogens with zero attached hydrogens (tertiary/aromatic N) is 5. The number of hydrogen-bond acceptors (Lipinski definition) is 5. The summed E-state index contributed by atoms with van der Waals surface area (Å²) in [5, 5.41) is 14.2. The molecule has 0 aliphatic heterocycles. The Morgan fingerprint density at radius 3 is 2.78 bits per heavy atom. The number of halogens is 1. The summed E-state index contributed by atoms with van der Waals surface area (Å²) in [6, 6.07) is 9.92. The van der Waals surface area contributed by atoms with Gasteiger partial charge in [-0.25, -0.2) is 0 Å². The van der Waals surface area contributed by atoms with Crippen LogP contribution in [0.2, 0.25) is 5.02 Å². The summed E-state index contributed by atoms with van der Waals surface area (Å²) in [4.78, 5) is 0. The van der Waals surface area contributed by atoms with Crippen LogP contribution in [-0.4, -0.2) is 39.4 Å². The van der Waals surface area contributed by atoms with E-state index in [0.29, 0.717) is 6.61 Å². The maximum absolute atomic E-state index is 5.93. The zero-order chi connectivity index (χ0) is 19.2. The molecule has 6 nitrogen and oxygen atoms in total.